The number of carboxylic acid groups (broad SMARTS) is 1. The molecular weight excluding hydrogens is 277 g/mol. The van der Waals surface area contributed by atoms with Crippen LogP contribution in [0.25, 0.3) is 11.5 Å². The van der Waals surface area contributed by atoms with E-state index in [1.165, 1.54) is 0 Å². The number of aromatic carboxylic acids is 1. The van der Waals surface area contributed by atoms with Crippen LogP contribution in [-0.4, -0.2) is 16.1 Å². The predicted molar refractivity (Wildman–Crippen MR) is 68.3 cm³/mol. The minimum absolute atomic E-state index is 0.149. The van der Waals surface area contributed by atoms with E-state index in [9.17, 15) is 4.79 Å². The number of benzene rings is 1. The van der Waals surface area contributed by atoms with Gasteiger partial charge in [-0.2, -0.15) is 0 Å². The zero-order valence-corrected chi connectivity index (χ0v) is 10.9. The molecule has 0 unspecified atom stereocenters. The average Bonchev–Trinajstić information content (AvgIpc) is 2.71. The van der Waals surface area contributed by atoms with Crippen LogP contribution < -0.4 is 0 Å². The molecule has 6 heteroatoms. The minimum atomic E-state index is -1.14. The number of halogens is 2. The molecule has 0 spiro atoms. The van der Waals surface area contributed by atoms with Gasteiger partial charge in [-0.15, -0.1) is 0 Å². The largest absolute Gasteiger partial charge is 0.475 e. The Labute approximate surface area is 113 Å². The number of hydrogen-bond acceptors (Lipinski definition) is 3. The first kappa shape index (κ1) is 12.9. The van der Waals surface area contributed by atoms with Gasteiger partial charge in [0.15, 0.2) is 0 Å². The molecule has 2 aromatic rings. The second-order valence-electron chi connectivity index (χ2n) is 3.61. The maximum absolute atomic E-state index is 11.0. The maximum atomic E-state index is 11.0. The summed E-state index contributed by atoms with van der Waals surface area (Å²) < 4.78 is 5.24. The second-order valence-corrected chi connectivity index (χ2v) is 4.48. The molecule has 0 fully saturated rings. The molecule has 0 aliphatic rings. The van der Waals surface area contributed by atoms with Crippen LogP contribution in [0.2, 0.25) is 10.0 Å². The number of carbonyl (C=O) groups is 1. The number of rotatable bonds is 3. The standard InChI is InChI=1S/C12H9Cl2NO3/c1-2-9-10(12(16)17)18-11(15-9)6-3-7(13)5-8(14)4-6/h3-5H,2H2,1H3,(H,16,17). The van der Waals surface area contributed by atoms with Crippen molar-refractivity contribution in [1.29, 1.82) is 0 Å². The Morgan fingerprint density at radius 1 is 1.33 bits per heavy atom. The molecule has 0 bridgehead atoms. The molecule has 18 heavy (non-hydrogen) atoms. The lowest BCUT2D eigenvalue weighted by Crippen LogP contribution is -1.98. The van der Waals surface area contributed by atoms with Gasteiger partial charge in [0.1, 0.15) is 0 Å². The highest BCUT2D eigenvalue weighted by Crippen LogP contribution is 2.28. The topological polar surface area (TPSA) is 63.3 Å². The third-order valence-electron chi connectivity index (χ3n) is 2.34. The number of carboxylic acids is 1. The lowest BCUT2D eigenvalue weighted by atomic mass is 10.2. The quantitative estimate of drug-likeness (QED) is 0.929. The van der Waals surface area contributed by atoms with E-state index >= 15 is 0 Å². The van der Waals surface area contributed by atoms with Crippen LogP contribution in [0.1, 0.15) is 23.2 Å². The fraction of sp³-hybridized carbons (Fsp3) is 0.167. The Kier molecular flexibility index (Phi) is 3.59. The molecular formula is C12H9Cl2NO3. The number of hydrogen-bond donors (Lipinski definition) is 1. The zero-order chi connectivity index (χ0) is 13.3. The highest BCUT2D eigenvalue weighted by molar-refractivity contribution is 6.35. The number of aromatic nitrogens is 1. The van der Waals surface area contributed by atoms with E-state index in [1.807, 2.05) is 0 Å². The Bertz CT molecular complexity index is 587. The monoisotopic (exact) mass is 285 g/mol. The van der Waals surface area contributed by atoms with Crippen LogP contribution in [-0.2, 0) is 6.42 Å². The van der Waals surface area contributed by atoms with Crippen molar-refractivity contribution in [3.05, 3.63) is 39.7 Å². The summed E-state index contributed by atoms with van der Waals surface area (Å²) in [6.07, 6.45) is 0.472. The van der Waals surface area contributed by atoms with Crippen LogP contribution in [0.4, 0.5) is 0 Å². The van der Waals surface area contributed by atoms with Crippen molar-refractivity contribution in [2.24, 2.45) is 0 Å². The molecule has 4 nitrogen and oxygen atoms in total. The maximum Gasteiger partial charge on any atom is 0.373 e. The smallest absolute Gasteiger partial charge is 0.373 e. The van der Waals surface area contributed by atoms with E-state index < -0.39 is 5.97 Å². The van der Waals surface area contributed by atoms with Gasteiger partial charge in [-0.25, -0.2) is 9.78 Å². The van der Waals surface area contributed by atoms with Crippen molar-refractivity contribution >= 4 is 29.2 Å². The highest BCUT2D eigenvalue weighted by atomic mass is 35.5. The minimum Gasteiger partial charge on any atom is -0.475 e. The van der Waals surface area contributed by atoms with Gasteiger partial charge in [-0.1, -0.05) is 30.1 Å². The highest BCUT2D eigenvalue weighted by Gasteiger charge is 2.19. The van der Waals surface area contributed by atoms with E-state index in [2.05, 4.69) is 4.98 Å². The van der Waals surface area contributed by atoms with Crippen LogP contribution in [0.5, 0.6) is 0 Å². The third-order valence-corrected chi connectivity index (χ3v) is 2.77. The average molecular weight is 286 g/mol. The summed E-state index contributed by atoms with van der Waals surface area (Å²) in [6, 6.07) is 4.81. The van der Waals surface area contributed by atoms with E-state index in [0.717, 1.165) is 0 Å². The van der Waals surface area contributed by atoms with Gasteiger partial charge in [0.05, 0.1) is 5.69 Å². The fourth-order valence-electron chi connectivity index (χ4n) is 1.56. The van der Waals surface area contributed by atoms with Crippen LogP contribution in [0.3, 0.4) is 0 Å². The summed E-state index contributed by atoms with van der Waals surface area (Å²) in [7, 11) is 0. The first-order chi connectivity index (χ1) is 8.51. The van der Waals surface area contributed by atoms with Crippen LogP contribution >= 0.6 is 23.2 Å². The van der Waals surface area contributed by atoms with Gasteiger partial charge in [0.25, 0.3) is 0 Å². The normalized spacial score (nSPS) is 10.6. The van der Waals surface area contributed by atoms with Gasteiger partial charge in [0.2, 0.25) is 11.7 Å². The van der Waals surface area contributed by atoms with Gasteiger partial charge in [0, 0.05) is 15.6 Å². The lowest BCUT2D eigenvalue weighted by Gasteiger charge is -1.97. The Balaban J connectivity index is 2.54. The summed E-state index contributed by atoms with van der Waals surface area (Å²) in [5.41, 5.74) is 0.947. The molecule has 2 rings (SSSR count). The molecule has 0 saturated carbocycles. The van der Waals surface area contributed by atoms with Crippen molar-refractivity contribution < 1.29 is 14.3 Å². The van der Waals surface area contributed by atoms with Crippen molar-refractivity contribution in [2.45, 2.75) is 13.3 Å². The van der Waals surface area contributed by atoms with Crippen molar-refractivity contribution in [2.75, 3.05) is 0 Å². The van der Waals surface area contributed by atoms with Gasteiger partial charge in [-0.3, -0.25) is 0 Å². The molecule has 1 heterocycles. The summed E-state index contributed by atoms with van der Waals surface area (Å²) in [5.74, 6) is -1.09. The third kappa shape index (κ3) is 2.49. The molecule has 1 aromatic carbocycles. The molecule has 1 N–H and O–H groups in total. The van der Waals surface area contributed by atoms with Crippen LogP contribution in [0.15, 0.2) is 22.6 Å². The van der Waals surface area contributed by atoms with E-state index in [0.29, 0.717) is 27.7 Å². The van der Waals surface area contributed by atoms with E-state index in [-0.39, 0.29) is 11.7 Å². The summed E-state index contributed by atoms with van der Waals surface area (Å²) in [4.78, 5) is 15.1. The van der Waals surface area contributed by atoms with Gasteiger partial charge in [-0.05, 0) is 24.6 Å². The molecule has 0 aliphatic carbocycles. The summed E-state index contributed by atoms with van der Waals surface area (Å²) >= 11 is 11.7. The zero-order valence-electron chi connectivity index (χ0n) is 9.41. The van der Waals surface area contributed by atoms with Crippen molar-refractivity contribution in [3.63, 3.8) is 0 Å². The van der Waals surface area contributed by atoms with E-state index in [4.69, 9.17) is 32.7 Å². The first-order valence-corrected chi connectivity index (χ1v) is 5.96. The number of oxazole rings is 1. The molecule has 94 valence electrons. The molecule has 0 amide bonds. The lowest BCUT2D eigenvalue weighted by molar-refractivity contribution is 0.0662. The fourth-order valence-corrected chi connectivity index (χ4v) is 2.09. The molecule has 0 radical (unpaired) electrons. The Morgan fingerprint density at radius 2 is 1.94 bits per heavy atom. The summed E-state index contributed by atoms with van der Waals surface area (Å²) in [6.45, 7) is 1.80. The molecule has 0 saturated heterocycles. The Morgan fingerprint density at radius 3 is 2.39 bits per heavy atom. The van der Waals surface area contributed by atoms with Crippen molar-refractivity contribution in [3.8, 4) is 11.5 Å². The SMILES string of the molecule is CCc1nc(-c2cc(Cl)cc(Cl)c2)oc1C(=O)O. The molecule has 0 aliphatic heterocycles. The van der Waals surface area contributed by atoms with Crippen LogP contribution in [0, 0.1) is 0 Å². The van der Waals surface area contributed by atoms with E-state index in [1.54, 1.807) is 25.1 Å². The van der Waals surface area contributed by atoms with Gasteiger partial charge >= 0.3 is 5.97 Å². The van der Waals surface area contributed by atoms with Gasteiger partial charge < -0.3 is 9.52 Å². The molecule has 0 atom stereocenters. The Hall–Kier alpha value is -1.52. The first-order valence-electron chi connectivity index (χ1n) is 5.20. The second kappa shape index (κ2) is 5.00. The van der Waals surface area contributed by atoms with Crippen molar-refractivity contribution in [1.82, 2.24) is 4.98 Å². The predicted octanol–water partition coefficient (Wildman–Crippen LogP) is 3.91. The number of nitrogens with zero attached hydrogens (tertiary/aromatic N) is 1. The number of aryl methyl sites for hydroxylation is 1. The summed E-state index contributed by atoms with van der Waals surface area (Å²) in [5, 5.41) is 9.85. The molecule has 1 aromatic heterocycles.